The number of amides is 1. The Morgan fingerprint density at radius 1 is 1.04 bits per heavy atom. The second kappa shape index (κ2) is 7.60. The molecule has 3 rings (SSSR count). The predicted octanol–water partition coefficient (Wildman–Crippen LogP) is 3.83. The molecule has 4 nitrogen and oxygen atoms in total. The third-order valence-corrected chi connectivity index (χ3v) is 4.70. The number of hydrogen-bond donors (Lipinski definition) is 1. The van der Waals surface area contributed by atoms with Crippen molar-refractivity contribution in [3.05, 3.63) is 59.2 Å². The molecule has 0 spiro atoms. The summed E-state index contributed by atoms with van der Waals surface area (Å²) in [4.78, 5) is 12.5. The Morgan fingerprint density at radius 2 is 1.80 bits per heavy atom. The van der Waals surface area contributed by atoms with Gasteiger partial charge < -0.3 is 14.8 Å². The molecule has 0 bridgehead atoms. The van der Waals surface area contributed by atoms with Crippen LogP contribution in [0.1, 0.15) is 43.0 Å². The van der Waals surface area contributed by atoms with Crippen molar-refractivity contribution >= 4 is 5.91 Å². The maximum atomic E-state index is 12.5. The molecule has 1 amide bonds. The summed E-state index contributed by atoms with van der Waals surface area (Å²) in [6.45, 7) is 3.76. The highest BCUT2D eigenvalue weighted by atomic mass is 16.5. The molecule has 0 saturated carbocycles. The lowest BCUT2D eigenvalue weighted by Crippen LogP contribution is -2.37. The number of hydrogen-bond acceptors (Lipinski definition) is 3. The van der Waals surface area contributed by atoms with Crippen LogP contribution < -0.4 is 14.8 Å². The van der Waals surface area contributed by atoms with E-state index in [9.17, 15) is 4.79 Å². The van der Waals surface area contributed by atoms with Gasteiger partial charge in [-0.25, -0.2) is 0 Å². The molecule has 1 aliphatic rings. The smallest absolute Gasteiger partial charge is 0.261 e. The molecular weight excluding hydrogens is 314 g/mol. The number of ether oxygens (including phenoxy) is 2. The fraction of sp³-hybridized carbons (Fsp3) is 0.381. The summed E-state index contributed by atoms with van der Waals surface area (Å²) in [6.07, 6.45) is 2.95. The van der Waals surface area contributed by atoms with E-state index in [1.165, 1.54) is 24.0 Å². The summed E-state index contributed by atoms with van der Waals surface area (Å²) in [6, 6.07) is 13.7. The van der Waals surface area contributed by atoms with Crippen LogP contribution in [-0.4, -0.2) is 19.1 Å². The fourth-order valence-corrected chi connectivity index (χ4v) is 3.21. The summed E-state index contributed by atoms with van der Waals surface area (Å²) in [5.74, 6) is 1.19. The third-order valence-electron chi connectivity index (χ3n) is 4.70. The Hall–Kier alpha value is -2.49. The largest absolute Gasteiger partial charge is 0.497 e. The first kappa shape index (κ1) is 17.3. The molecule has 2 aromatic carbocycles. The number of carbonyl (C=O) groups is 1. The van der Waals surface area contributed by atoms with E-state index in [4.69, 9.17) is 9.47 Å². The molecule has 132 valence electrons. The number of fused-ring (bicyclic) bond motifs is 1. The van der Waals surface area contributed by atoms with Crippen molar-refractivity contribution in [3.8, 4) is 11.5 Å². The minimum Gasteiger partial charge on any atom is -0.497 e. The molecule has 1 aliphatic carbocycles. The quantitative estimate of drug-likeness (QED) is 0.870. The van der Waals surface area contributed by atoms with Crippen molar-refractivity contribution in [3.63, 3.8) is 0 Å². The Labute approximate surface area is 149 Å². The molecule has 0 aromatic heterocycles. The van der Waals surface area contributed by atoms with Crippen LogP contribution in [0.25, 0.3) is 0 Å². The summed E-state index contributed by atoms with van der Waals surface area (Å²) >= 11 is 0. The maximum Gasteiger partial charge on any atom is 0.261 e. The Balaban J connectivity index is 1.60. The van der Waals surface area contributed by atoms with Crippen LogP contribution in [0.5, 0.6) is 11.5 Å². The van der Waals surface area contributed by atoms with Crippen LogP contribution >= 0.6 is 0 Å². The van der Waals surface area contributed by atoms with E-state index in [1.807, 2.05) is 25.1 Å². The molecule has 0 unspecified atom stereocenters. The Bertz CT molecular complexity index is 757. The number of benzene rings is 2. The summed E-state index contributed by atoms with van der Waals surface area (Å²) in [5, 5.41) is 3.04. The molecule has 0 radical (unpaired) electrons. The van der Waals surface area contributed by atoms with Gasteiger partial charge in [-0.1, -0.05) is 24.3 Å². The average Bonchev–Trinajstić information content (AvgIpc) is 3.09. The molecule has 25 heavy (non-hydrogen) atoms. The number of carbonyl (C=O) groups excluding carboxylic acids is 1. The van der Waals surface area contributed by atoms with Crippen molar-refractivity contribution in [2.75, 3.05) is 7.11 Å². The molecule has 0 aliphatic heterocycles. The minimum atomic E-state index is -0.580. The monoisotopic (exact) mass is 339 g/mol. The van der Waals surface area contributed by atoms with E-state index in [-0.39, 0.29) is 11.9 Å². The SMILES string of the molecule is COc1cccc(O[C@H](C)C(=O)N[C@H](C)c2ccc3c(c2)CCC3)c1. The first-order valence-corrected chi connectivity index (χ1v) is 8.79. The third kappa shape index (κ3) is 4.13. The van der Waals surface area contributed by atoms with Gasteiger partial charge in [0.2, 0.25) is 0 Å². The van der Waals surface area contributed by atoms with Crippen LogP contribution in [0.3, 0.4) is 0 Å². The van der Waals surface area contributed by atoms with Crippen molar-refractivity contribution < 1.29 is 14.3 Å². The van der Waals surface area contributed by atoms with Crippen molar-refractivity contribution in [1.82, 2.24) is 5.32 Å². The lowest BCUT2D eigenvalue weighted by Gasteiger charge is -2.20. The van der Waals surface area contributed by atoms with Crippen LogP contribution in [0, 0.1) is 0 Å². The normalized spacial score (nSPS) is 15.2. The van der Waals surface area contributed by atoms with Gasteiger partial charge >= 0.3 is 0 Å². The van der Waals surface area contributed by atoms with Gasteiger partial charge in [-0.05, 0) is 61.9 Å². The topological polar surface area (TPSA) is 47.6 Å². The average molecular weight is 339 g/mol. The number of nitrogens with one attached hydrogen (secondary N) is 1. The van der Waals surface area contributed by atoms with Gasteiger partial charge in [-0.3, -0.25) is 4.79 Å². The molecular formula is C21H25NO3. The van der Waals surface area contributed by atoms with Crippen LogP contribution in [0.2, 0.25) is 0 Å². The first-order valence-electron chi connectivity index (χ1n) is 8.79. The standard InChI is InChI=1S/C21H25NO3/c1-14(17-11-10-16-6-4-7-18(16)12-17)22-21(23)15(2)25-20-9-5-8-19(13-20)24-3/h5,8-15H,4,6-7H2,1-3H3,(H,22,23)/t14-,15-/m1/s1. The number of aryl methyl sites for hydroxylation is 2. The van der Waals surface area contributed by atoms with E-state index in [0.29, 0.717) is 11.5 Å². The zero-order chi connectivity index (χ0) is 17.8. The molecule has 4 heteroatoms. The minimum absolute atomic E-state index is 0.0465. The van der Waals surface area contributed by atoms with Crippen LogP contribution in [0.15, 0.2) is 42.5 Å². The van der Waals surface area contributed by atoms with E-state index in [2.05, 4.69) is 23.5 Å². The Morgan fingerprint density at radius 3 is 2.60 bits per heavy atom. The van der Waals surface area contributed by atoms with Gasteiger partial charge in [0.25, 0.3) is 5.91 Å². The van der Waals surface area contributed by atoms with Gasteiger partial charge in [-0.15, -0.1) is 0 Å². The molecule has 1 N–H and O–H groups in total. The van der Waals surface area contributed by atoms with Crippen LogP contribution in [-0.2, 0) is 17.6 Å². The van der Waals surface area contributed by atoms with Gasteiger partial charge in [-0.2, -0.15) is 0 Å². The summed E-state index contributed by atoms with van der Waals surface area (Å²) in [7, 11) is 1.60. The number of rotatable bonds is 6. The maximum absolute atomic E-state index is 12.5. The van der Waals surface area contributed by atoms with Gasteiger partial charge in [0, 0.05) is 6.07 Å². The van der Waals surface area contributed by atoms with Gasteiger partial charge in [0.1, 0.15) is 11.5 Å². The molecule has 0 heterocycles. The molecule has 2 aromatic rings. The van der Waals surface area contributed by atoms with Gasteiger partial charge in [0.05, 0.1) is 13.2 Å². The van der Waals surface area contributed by atoms with Crippen molar-refractivity contribution in [2.45, 2.75) is 45.3 Å². The van der Waals surface area contributed by atoms with E-state index in [0.717, 1.165) is 12.0 Å². The highest BCUT2D eigenvalue weighted by molar-refractivity contribution is 5.81. The lowest BCUT2D eigenvalue weighted by molar-refractivity contribution is -0.127. The molecule has 0 saturated heterocycles. The molecule has 0 fully saturated rings. The van der Waals surface area contributed by atoms with Gasteiger partial charge in [0.15, 0.2) is 6.10 Å². The van der Waals surface area contributed by atoms with Crippen LogP contribution in [0.4, 0.5) is 0 Å². The second-order valence-electron chi connectivity index (χ2n) is 6.55. The molecule has 2 atom stereocenters. The number of methoxy groups -OCH3 is 1. The first-order chi connectivity index (χ1) is 12.1. The van der Waals surface area contributed by atoms with E-state index < -0.39 is 6.10 Å². The summed E-state index contributed by atoms with van der Waals surface area (Å²) in [5.41, 5.74) is 4.00. The van der Waals surface area contributed by atoms with Crippen molar-refractivity contribution in [2.24, 2.45) is 0 Å². The highest BCUT2D eigenvalue weighted by Gasteiger charge is 2.19. The fourth-order valence-electron chi connectivity index (χ4n) is 3.21. The lowest BCUT2D eigenvalue weighted by atomic mass is 10.0. The predicted molar refractivity (Wildman–Crippen MR) is 98.1 cm³/mol. The van der Waals surface area contributed by atoms with E-state index >= 15 is 0 Å². The zero-order valence-corrected chi connectivity index (χ0v) is 15.0. The highest BCUT2D eigenvalue weighted by Crippen LogP contribution is 2.25. The summed E-state index contributed by atoms with van der Waals surface area (Å²) < 4.78 is 10.9. The Kier molecular flexibility index (Phi) is 5.27. The van der Waals surface area contributed by atoms with Crippen molar-refractivity contribution in [1.29, 1.82) is 0 Å². The zero-order valence-electron chi connectivity index (χ0n) is 15.0. The second-order valence-corrected chi connectivity index (χ2v) is 6.55. The van der Waals surface area contributed by atoms with E-state index in [1.54, 1.807) is 20.1 Å².